The SMILES string of the molecule is C=CCCCCCOC(=O)C1C2C=CC(C2)C1C(=O)OCCCCCC=C. The Labute approximate surface area is 163 Å². The van der Waals surface area contributed by atoms with Crippen LogP contribution >= 0.6 is 0 Å². The number of rotatable bonds is 14. The highest BCUT2D eigenvalue weighted by molar-refractivity contribution is 5.84. The number of fused-ring (bicyclic) bond motifs is 2. The lowest BCUT2D eigenvalue weighted by Crippen LogP contribution is -2.35. The number of hydrogen-bond acceptors (Lipinski definition) is 4. The Morgan fingerprint density at radius 2 is 1.22 bits per heavy atom. The van der Waals surface area contributed by atoms with Crippen LogP contribution < -0.4 is 0 Å². The van der Waals surface area contributed by atoms with Gasteiger partial charge in [0.25, 0.3) is 0 Å². The summed E-state index contributed by atoms with van der Waals surface area (Å²) < 4.78 is 11.0. The van der Waals surface area contributed by atoms with Gasteiger partial charge in [-0.3, -0.25) is 9.59 Å². The average molecular weight is 375 g/mol. The van der Waals surface area contributed by atoms with Crippen LogP contribution in [0.25, 0.3) is 0 Å². The Balaban J connectivity index is 1.75. The van der Waals surface area contributed by atoms with Crippen LogP contribution in [0.3, 0.4) is 0 Å². The first-order valence-corrected chi connectivity index (χ1v) is 10.4. The van der Waals surface area contributed by atoms with Gasteiger partial charge in [-0.2, -0.15) is 0 Å². The molecule has 2 rings (SSSR count). The molecule has 0 amide bonds. The van der Waals surface area contributed by atoms with E-state index in [9.17, 15) is 9.59 Å². The highest BCUT2D eigenvalue weighted by atomic mass is 16.5. The van der Waals surface area contributed by atoms with Gasteiger partial charge in [-0.25, -0.2) is 0 Å². The summed E-state index contributed by atoms with van der Waals surface area (Å²) in [5, 5.41) is 0. The zero-order chi connectivity index (χ0) is 19.5. The molecule has 0 saturated heterocycles. The molecule has 27 heavy (non-hydrogen) atoms. The van der Waals surface area contributed by atoms with Crippen LogP contribution in [0.1, 0.15) is 57.8 Å². The lowest BCUT2D eigenvalue weighted by Gasteiger charge is -2.25. The maximum atomic E-state index is 12.6. The van der Waals surface area contributed by atoms with Crippen LogP contribution in [0, 0.1) is 23.7 Å². The Kier molecular flexibility index (Phi) is 9.37. The monoisotopic (exact) mass is 374 g/mol. The smallest absolute Gasteiger partial charge is 0.310 e. The van der Waals surface area contributed by atoms with Crippen LogP contribution in [0.2, 0.25) is 0 Å². The van der Waals surface area contributed by atoms with Crippen molar-refractivity contribution in [1.82, 2.24) is 0 Å². The van der Waals surface area contributed by atoms with Gasteiger partial charge in [0.15, 0.2) is 0 Å². The van der Waals surface area contributed by atoms with Crippen molar-refractivity contribution < 1.29 is 19.1 Å². The van der Waals surface area contributed by atoms with Crippen molar-refractivity contribution in [3.05, 3.63) is 37.5 Å². The summed E-state index contributed by atoms with van der Waals surface area (Å²) in [6.45, 7) is 8.27. The van der Waals surface area contributed by atoms with E-state index in [1.807, 2.05) is 12.2 Å². The predicted octanol–water partition coefficient (Wildman–Crippen LogP) is 5.00. The Bertz CT molecular complexity index is 490. The van der Waals surface area contributed by atoms with Crippen molar-refractivity contribution in [3.63, 3.8) is 0 Å². The minimum Gasteiger partial charge on any atom is -0.465 e. The molecule has 4 nitrogen and oxygen atoms in total. The molecule has 0 radical (unpaired) electrons. The summed E-state index contributed by atoms with van der Waals surface area (Å²) in [4.78, 5) is 25.2. The largest absolute Gasteiger partial charge is 0.465 e. The zero-order valence-electron chi connectivity index (χ0n) is 16.4. The van der Waals surface area contributed by atoms with E-state index < -0.39 is 0 Å². The molecule has 1 fully saturated rings. The summed E-state index contributed by atoms with van der Waals surface area (Å²) in [6.07, 6.45) is 16.7. The molecule has 2 bridgehead atoms. The fourth-order valence-electron chi connectivity index (χ4n) is 4.14. The molecular formula is C23H34O4. The van der Waals surface area contributed by atoms with Crippen LogP contribution in [-0.2, 0) is 19.1 Å². The molecule has 0 heterocycles. The fourth-order valence-corrected chi connectivity index (χ4v) is 4.14. The van der Waals surface area contributed by atoms with Crippen molar-refractivity contribution >= 4 is 11.9 Å². The van der Waals surface area contributed by atoms with E-state index in [1.165, 1.54) is 0 Å². The number of allylic oxidation sites excluding steroid dienone is 4. The minimum atomic E-state index is -0.374. The lowest BCUT2D eigenvalue weighted by molar-refractivity contribution is -0.161. The summed E-state index contributed by atoms with van der Waals surface area (Å²) >= 11 is 0. The van der Waals surface area contributed by atoms with Gasteiger partial charge in [0.05, 0.1) is 25.0 Å². The number of hydrogen-bond donors (Lipinski definition) is 0. The molecule has 150 valence electrons. The number of ether oxygens (including phenoxy) is 2. The lowest BCUT2D eigenvalue weighted by atomic mass is 9.83. The van der Waals surface area contributed by atoms with E-state index >= 15 is 0 Å². The molecule has 0 aromatic heterocycles. The highest BCUT2D eigenvalue weighted by Crippen LogP contribution is 2.49. The maximum Gasteiger partial charge on any atom is 0.310 e. The summed E-state index contributed by atoms with van der Waals surface area (Å²) in [5.41, 5.74) is 0. The van der Waals surface area contributed by atoms with E-state index in [-0.39, 0.29) is 35.6 Å². The standard InChI is InChI=1S/C23H34O4/c1-3-5-7-9-11-15-26-22(24)20-18-13-14-19(17-18)21(20)23(25)27-16-12-10-8-6-4-2/h3-4,13-14,18-21H,1-2,5-12,15-17H2. The van der Waals surface area contributed by atoms with Crippen LogP contribution in [0.15, 0.2) is 37.5 Å². The molecule has 4 atom stereocenters. The highest BCUT2D eigenvalue weighted by Gasteiger charge is 2.53. The Hall–Kier alpha value is -1.84. The molecule has 4 unspecified atom stereocenters. The van der Waals surface area contributed by atoms with Crippen LogP contribution in [-0.4, -0.2) is 25.2 Å². The average Bonchev–Trinajstić information content (AvgIpc) is 3.28. The van der Waals surface area contributed by atoms with Crippen molar-refractivity contribution in [2.24, 2.45) is 23.7 Å². The van der Waals surface area contributed by atoms with Crippen molar-refractivity contribution in [1.29, 1.82) is 0 Å². The van der Waals surface area contributed by atoms with Gasteiger partial charge in [-0.05, 0) is 69.6 Å². The molecule has 0 aromatic carbocycles. The predicted molar refractivity (Wildman–Crippen MR) is 107 cm³/mol. The molecule has 4 heteroatoms. The number of carbonyl (C=O) groups excluding carboxylic acids is 2. The van der Waals surface area contributed by atoms with Gasteiger partial charge in [-0.15, -0.1) is 13.2 Å². The van der Waals surface area contributed by atoms with Gasteiger partial charge >= 0.3 is 11.9 Å². The van der Waals surface area contributed by atoms with Gasteiger partial charge in [0.2, 0.25) is 0 Å². The quantitative estimate of drug-likeness (QED) is 0.244. The second-order valence-electron chi connectivity index (χ2n) is 7.61. The summed E-state index contributed by atoms with van der Waals surface area (Å²) in [7, 11) is 0. The molecule has 1 saturated carbocycles. The molecule has 0 aromatic rings. The number of carbonyl (C=O) groups is 2. The second kappa shape index (κ2) is 11.8. The van der Waals surface area contributed by atoms with Crippen molar-refractivity contribution in [2.45, 2.75) is 57.8 Å². The van der Waals surface area contributed by atoms with E-state index in [2.05, 4.69) is 25.3 Å². The van der Waals surface area contributed by atoms with Crippen LogP contribution in [0.5, 0.6) is 0 Å². The van der Waals surface area contributed by atoms with E-state index in [1.54, 1.807) is 0 Å². The normalized spacial score (nSPS) is 25.3. The molecular weight excluding hydrogens is 340 g/mol. The topological polar surface area (TPSA) is 52.6 Å². The first-order valence-electron chi connectivity index (χ1n) is 10.4. The van der Waals surface area contributed by atoms with Gasteiger partial charge in [-0.1, -0.05) is 24.3 Å². The molecule has 0 N–H and O–H groups in total. The molecule has 2 aliphatic carbocycles. The fraction of sp³-hybridized carbons (Fsp3) is 0.652. The van der Waals surface area contributed by atoms with Gasteiger partial charge in [0.1, 0.15) is 0 Å². The maximum absolute atomic E-state index is 12.6. The van der Waals surface area contributed by atoms with Crippen LogP contribution in [0.4, 0.5) is 0 Å². The summed E-state index contributed by atoms with van der Waals surface area (Å²) in [6, 6.07) is 0. The molecule has 0 aliphatic heterocycles. The third kappa shape index (κ3) is 6.37. The van der Waals surface area contributed by atoms with Crippen molar-refractivity contribution in [2.75, 3.05) is 13.2 Å². The van der Waals surface area contributed by atoms with E-state index in [4.69, 9.17) is 9.47 Å². The van der Waals surface area contributed by atoms with Gasteiger partial charge < -0.3 is 9.47 Å². The first-order chi connectivity index (χ1) is 13.2. The third-order valence-electron chi connectivity index (χ3n) is 5.60. The van der Waals surface area contributed by atoms with E-state index in [0.29, 0.717) is 13.2 Å². The zero-order valence-corrected chi connectivity index (χ0v) is 16.4. The molecule has 0 spiro atoms. The number of esters is 2. The molecule has 2 aliphatic rings. The Morgan fingerprint density at radius 3 is 1.63 bits per heavy atom. The third-order valence-corrected chi connectivity index (χ3v) is 5.60. The van der Waals surface area contributed by atoms with Crippen molar-refractivity contribution in [3.8, 4) is 0 Å². The summed E-state index contributed by atoms with van der Waals surface area (Å²) in [5.74, 6) is -0.975. The minimum absolute atomic E-state index is 0.119. The van der Waals surface area contributed by atoms with E-state index in [0.717, 1.165) is 57.8 Å². The first kappa shape index (κ1) is 21.5. The van der Waals surface area contributed by atoms with Gasteiger partial charge in [0, 0.05) is 0 Å². The second-order valence-corrected chi connectivity index (χ2v) is 7.61. The Morgan fingerprint density at radius 1 is 0.778 bits per heavy atom. The number of unbranched alkanes of at least 4 members (excludes halogenated alkanes) is 6.